The molecule has 0 spiro atoms. The lowest BCUT2D eigenvalue weighted by Crippen LogP contribution is -2.45. The fourth-order valence-corrected chi connectivity index (χ4v) is 5.08. The van der Waals surface area contributed by atoms with Crippen molar-refractivity contribution in [3.8, 4) is 0 Å². The number of nitrogens with zero attached hydrogens (tertiary/aromatic N) is 2. The predicted molar refractivity (Wildman–Crippen MR) is 153 cm³/mol. The van der Waals surface area contributed by atoms with Crippen LogP contribution in [0.5, 0.6) is 0 Å². The molecule has 0 bridgehead atoms. The topological polar surface area (TPSA) is 80.1 Å². The van der Waals surface area contributed by atoms with Crippen molar-refractivity contribution in [3.05, 3.63) is 118 Å². The fourth-order valence-electron chi connectivity index (χ4n) is 5.08. The summed E-state index contributed by atoms with van der Waals surface area (Å²) in [4.78, 5) is 43.6. The SMILES string of the molecule is O=C(CN(CC1CCCO1)C(=O)CCc1ccccc1)N(Cc1ccc(F)cc1)Cc1coc2ccccc2c1=O. The van der Waals surface area contributed by atoms with Gasteiger partial charge >= 0.3 is 0 Å². The van der Waals surface area contributed by atoms with E-state index in [2.05, 4.69) is 0 Å². The number of rotatable bonds is 11. The Bertz CT molecular complexity index is 1530. The summed E-state index contributed by atoms with van der Waals surface area (Å²) in [5.74, 6) is -0.842. The summed E-state index contributed by atoms with van der Waals surface area (Å²) in [5.41, 5.74) is 2.31. The molecule has 1 saturated heterocycles. The minimum absolute atomic E-state index is 0.0185. The molecule has 0 radical (unpaired) electrons. The normalized spacial score (nSPS) is 14.7. The molecule has 1 aromatic heterocycles. The first kappa shape index (κ1) is 28.2. The van der Waals surface area contributed by atoms with Crippen LogP contribution in [-0.2, 0) is 33.8 Å². The Morgan fingerprint density at radius 2 is 1.61 bits per heavy atom. The average Bonchev–Trinajstić information content (AvgIpc) is 3.51. The van der Waals surface area contributed by atoms with Gasteiger partial charge in [-0.15, -0.1) is 0 Å². The minimum Gasteiger partial charge on any atom is -0.464 e. The van der Waals surface area contributed by atoms with Crippen LogP contribution in [0, 0.1) is 5.82 Å². The van der Waals surface area contributed by atoms with Crippen LogP contribution in [0.15, 0.2) is 94.3 Å². The zero-order chi connectivity index (χ0) is 28.6. The maximum absolute atomic E-state index is 13.8. The standard InChI is InChI=1S/C33H33FN2O5/c34-27-15-12-25(13-16-27)19-35(20-26-23-41-30-11-5-4-10-29(30)33(26)39)32(38)22-36(21-28-9-6-18-40-28)31(37)17-14-24-7-2-1-3-8-24/h1-5,7-8,10-13,15-16,23,28H,6,9,14,17-22H2. The highest BCUT2D eigenvalue weighted by atomic mass is 19.1. The molecule has 3 aromatic carbocycles. The maximum Gasteiger partial charge on any atom is 0.242 e. The van der Waals surface area contributed by atoms with E-state index in [-0.39, 0.29) is 55.2 Å². The summed E-state index contributed by atoms with van der Waals surface area (Å²) in [5, 5.41) is 0.426. The molecule has 1 fully saturated rings. The van der Waals surface area contributed by atoms with Gasteiger partial charge in [0.15, 0.2) is 5.43 Å². The van der Waals surface area contributed by atoms with Crippen molar-refractivity contribution in [2.75, 3.05) is 19.7 Å². The van der Waals surface area contributed by atoms with E-state index in [1.807, 2.05) is 30.3 Å². The van der Waals surface area contributed by atoms with Gasteiger partial charge in [0.05, 0.1) is 36.4 Å². The average molecular weight is 557 g/mol. The first-order valence-electron chi connectivity index (χ1n) is 13.9. The number of carbonyl (C=O) groups is 2. The number of hydrogen-bond donors (Lipinski definition) is 0. The van der Waals surface area contributed by atoms with Gasteiger partial charge in [-0.3, -0.25) is 14.4 Å². The molecule has 2 heterocycles. The quantitative estimate of drug-likeness (QED) is 0.257. The number of benzene rings is 3. The summed E-state index contributed by atoms with van der Waals surface area (Å²) in [7, 11) is 0. The van der Waals surface area contributed by atoms with Crippen LogP contribution in [0.4, 0.5) is 4.39 Å². The number of carbonyl (C=O) groups excluding carboxylic acids is 2. The van der Waals surface area contributed by atoms with Crippen molar-refractivity contribution < 1.29 is 23.1 Å². The second kappa shape index (κ2) is 13.4. The van der Waals surface area contributed by atoms with Gasteiger partial charge in [-0.25, -0.2) is 4.39 Å². The van der Waals surface area contributed by atoms with Crippen molar-refractivity contribution >= 4 is 22.8 Å². The van der Waals surface area contributed by atoms with Crippen LogP contribution in [0.25, 0.3) is 11.0 Å². The Balaban J connectivity index is 1.37. The van der Waals surface area contributed by atoms with Crippen molar-refractivity contribution in [2.24, 2.45) is 0 Å². The minimum atomic E-state index is -0.381. The molecule has 0 N–H and O–H groups in total. The highest BCUT2D eigenvalue weighted by Crippen LogP contribution is 2.17. The van der Waals surface area contributed by atoms with Crippen molar-refractivity contribution in [1.82, 2.24) is 9.80 Å². The zero-order valence-electron chi connectivity index (χ0n) is 22.8. The number of aryl methyl sites for hydroxylation is 1. The van der Waals surface area contributed by atoms with Crippen LogP contribution in [0.1, 0.15) is 36.0 Å². The lowest BCUT2D eigenvalue weighted by molar-refractivity contribution is -0.142. The largest absolute Gasteiger partial charge is 0.464 e. The Morgan fingerprint density at radius 3 is 2.37 bits per heavy atom. The van der Waals surface area contributed by atoms with Crippen LogP contribution in [0.3, 0.4) is 0 Å². The molecule has 7 nitrogen and oxygen atoms in total. The molecule has 212 valence electrons. The summed E-state index contributed by atoms with van der Waals surface area (Å²) >= 11 is 0. The van der Waals surface area contributed by atoms with Gasteiger partial charge in [0.1, 0.15) is 11.4 Å². The van der Waals surface area contributed by atoms with Crippen molar-refractivity contribution in [2.45, 2.75) is 44.9 Å². The van der Waals surface area contributed by atoms with Crippen LogP contribution in [0.2, 0.25) is 0 Å². The fraction of sp³-hybridized carbons (Fsp3) is 0.303. The van der Waals surface area contributed by atoms with Gasteiger partial charge in [0, 0.05) is 26.1 Å². The van der Waals surface area contributed by atoms with E-state index in [1.54, 1.807) is 41.3 Å². The molecule has 5 rings (SSSR count). The number of ether oxygens (including phenoxy) is 1. The number of hydrogen-bond acceptors (Lipinski definition) is 5. The van der Waals surface area contributed by atoms with E-state index in [0.717, 1.165) is 18.4 Å². The monoisotopic (exact) mass is 556 g/mol. The summed E-state index contributed by atoms with van der Waals surface area (Å²) in [6.45, 7) is 0.918. The smallest absolute Gasteiger partial charge is 0.242 e. The highest BCUT2D eigenvalue weighted by Gasteiger charge is 2.27. The summed E-state index contributed by atoms with van der Waals surface area (Å²) in [6.07, 6.45) is 3.82. The molecular formula is C33H33FN2O5. The van der Waals surface area contributed by atoms with E-state index in [9.17, 15) is 18.8 Å². The second-order valence-corrected chi connectivity index (χ2v) is 10.4. The molecule has 1 aliphatic heterocycles. The molecule has 41 heavy (non-hydrogen) atoms. The van der Waals surface area contributed by atoms with Gasteiger partial charge in [-0.05, 0) is 54.7 Å². The summed E-state index contributed by atoms with van der Waals surface area (Å²) < 4.78 is 25.1. The van der Waals surface area contributed by atoms with E-state index in [4.69, 9.17) is 9.15 Å². The Morgan fingerprint density at radius 1 is 0.854 bits per heavy atom. The summed E-state index contributed by atoms with van der Waals surface area (Å²) in [6, 6.07) is 22.6. The third kappa shape index (κ3) is 7.46. The lowest BCUT2D eigenvalue weighted by atomic mass is 10.1. The van der Waals surface area contributed by atoms with E-state index in [0.29, 0.717) is 41.7 Å². The number of halogens is 1. The van der Waals surface area contributed by atoms with E-state index < -0.39 is 0 Å². The van der Waals surface area contributed by atoms with Crippen molar-refractivity contribution in [1.29, 1.82) is 0 Å². The van der Waals surface area contributed by atoms with Crippen LogP contribution in [-0.4, -0.2) is 47.4 Å². The molecule has 2 amide bonds. The molecule has 1 aliphatic rings. The molecule has 0 aliphatic carbocycles. The Kier molecular flexibility index (Phi) is 9.21. The third-order valence-electron chi connectivity index (χ3n) is 7.35. The van der Waals surface area contributed by atoms with Gasteiger partial charge < -0.3 is 19.0 Å². The Labute approximate surface area is 238 Å². The molecular weight excluding hydrogens is 523 g/mol. The van der Waals surface area contributed by atoms with Crippen LogP contribution < -0.4 is 5.43 Å². The van der Waals surface area contributed by atoms with Gasteiger partial charge in [0.2, 0.25) is 11.8 Å². The Hall–Kier alpha value is -4.30. The maximum atomic E-state index is 13.8. The molecule has 4 aromatic rings. The van der Waals surface area contributed by atoms with Crippen molar-refractivity contribution in [3.63, 3.8) is 0 Å². The third-order valence-corrected chi connectivity index (χ3v) is 7.35. The number of amides is 2. The molecule has 8 heteroatoms. The van der Waals surface area contributed by atoms with Crippen LogP contribution >= 0.6 is 0 Å². The van der Waals surface area contributed by atoms with E-state index >= 15 is 0 Å². The number of para-hydroxylation sites is 1. The first-order chi connectivity index (χ1) is 20.0. The number of fused-ring (bicyclic) bond motifs is 1. The lowest BCUT2D eigenvalue weighted by Gasteiger charge is -2.29. The first-order valence-corrected chi connectivity index (χ1v) is 13.9. The highest BCUT2D eigenvalue weighted by molar-refractivity contribution is 5.85. The second-order valence-electron chi connectivity index (χ2n) is 10.4. The van der Waals surface area contributed by atoms with Gasteiger partial charge in [-0.1, -0.05) is 54.6 Å². The molecule has 0 saturated carbocycles. The molecule has 1 atom stereocenters. The van der Waals surface area contributed by atoms with Gasteiger partial charge in [-0.2, -0.15) is 0 Å². The van der Waals surface area contributed by atoms with E-state index in [1.165, 1.54) is 23.3 Å². The zero-order valence-corrected chi connectivity index (χ0v) is 22.8. The van der Waals surface area contributed by atoms with Gasteiger partial charge in [0.25, 0.3) is 0 Å². The molecule has 1 unspecified atom stereocenters. The predicted octanol–water partition coefficient (Wildman–Crippen LogP) is 5.10.